The molecule has 3 heteroatoms. The van der Waals surface area contributed by atoms with Gasteiger partial charge in [0.25, 0.3) is 0 Å². The minimum atomic E-state index is 0.958. The summed E-state index contributed by atoms with van der Waals surface area (Å²) in [5.41, 5.74) is 4.84. The molecule has 0 amide bonds. The van der Waals surface area contributed by atoms with E-state index in [0.29, 0.717) is 0 Å². The molecule has 146 valence electrons. The molecule has 2 rings (SSSR count). The lowest BCUT2D eigenvalue weighted by atomic mass is 10.2. The summed E-state index contributed by atoms with van der Waals surface area (Å²) in [6.07, 6.45) is 3.71. The number of benzene rings is 2. The second kappa shape index (κ2) is 15.6. The zero-order valence-electron chi connectivity index (χ0n) is 17.5. The fourth-order valence-corrected chi connectivity index (χ4v) is 2.05. The normalized spacial score (nSPS) is 10.2. The van der Waals surface area contributed by atoms with E-state index in [1.165, 1.54) is 16.2 Å². The van der Waals surface area contributed by atoms with Crippen molar-refractivity contribution in [3.05, 3.63) is 72.8 Å². The van der Waals surface area contributed by atoms with Crippen LogP contribution in [0.2, 0.25) is 0 Å². The minimum Gasteiger partial charge on any atom is -0.385 e. The summed E-state index contributed by atoms with van der Waals surface area (Å²) in [6.45, 7) is 20.1. The van der Waals surface area contributed by atoms with E-state index in [2.05, 4.69) is 87.5 Å². The molecule has 27 heavy (non-hydrogen) atoms. The van der Waals surface area contributed by atoms with Crippen LogP contribution in [0, 0.1) is 0 Å². The van der Waals surface area contributed by atoms with Crippen LogP contribution < -0.4 is 15.2 Å². The first-order chi connectivity index (χ1) is 13.1. The zero-order valence-corrected chi connectivity index (χ0v) is 17.5. The summed E-state index contributed by atoms with van der Waals surface area (Å²) >= 11 is 0. The Hall–Kier alpha value is -2.65. The van der Waals surface area contributed by atoms with E-state index in [-0.39, 0.29) is 0 Å². The van der Waals surface area contributed by atoms with Gasteiger partial charge < -0.3 is 10.2 Å². The minimum absolute atomic E-state index is 0.958. The van der Waals surface area contributed by atoms with Crippen LogP contribution in [0.3, 0.4) is 0 Å². The third kappa shape index (κ3) is 10.8. The summed E-state index contributed by atoms with van der Waals surface area (Å²) in [5.74, 6) is 0. The highest BCUT2D eigenvalue weighted by Crippen LogP contribution is 2.09. The standard InChI is InChI=1S/C11H15N.C10H13N.C3H7N/c1-4-10-6-8-11(9-7-10)12(3)5-2;1-3-9-5-7-10(8-6-9)11-4-2;1-3-4-2/h4,6-9H,1,5H2,2-3H3;3,5-8,11H,1,4H2,2H3;2-3H2,1H3/p+2. The van der Waals surface area contributed by atoms with Crippen molar-refractivity contribution in [2.75, 3.05) is 32.0 Å². The third-order valence-electron chi connectivity index (χ3n) is 3.95. The summed E-state index contributed by atoms with van der Waals surface area (Å²) < 4.78 is 0. The van der Waals surface area contributed by atoms with Crippen molar-refractivity contribution in [2.24, 2.45) is 0 Å². The van der Waals surface area contributed by atoms with Crippen molar-refractivity contribution in [3.8, 4) is 0 Å². The molecule has 0 bridgehead atoms. The van der Waals surface area contributed by atoms with E-state index < -0.39 is 0 Å². The number of hydrogen-bond acceptors (Lipinski definition) is 1. The molecule has 0 saturated heterocycles. The predicted octanol–water partition coefficient (Wildman–Crippen LogP) is 3.04. The van der Waals surface area contributed by atoms with E-state index >= 15 is 0 Å². The van der Waals surface area contributed by atoms with Gasteiger partial charge in [0.1, 0.15) is 18.9 Å². The molecule has 0 saturated carbocycles. The summed E-state index contributed by atoms with van der Waals surface area (Å²) in [6, 6.07) is 16.7. The Morgan fingerprint density at radius 3 is 1.67 bits per heavy atom. The molecule has 3 N–H and O–H groups in total. The molecule has 0 spiro atoms. The summed E-state index contributed by atoms with van der Waals surface area (Å²) in [7, 11) is 2.17. The van der Waals surface area contributed by atoms with Crippen LogP contribution in [0.15, 0.2) is 61.7 Å². The van der Waals surface area contributed by atoms with E-state index in [1.807, 2.05) is 31.2 Å². The van der Waals surface area contributed by atoms with Crippen molar-refractivity contribution < 1.29 is 9.89 Å². The van der Waals surface area contributed by atoms with Gasteiger partial charge in [0.15, 0.2) is 0 Å². The maximum absolute atomic E-state index is 3.72. The van der Waals surface area contributed by atoms with E-state index in [9.17, 15) is 0 Å². The third-order valence-corrected chi connectivity index (χ3v) is 3.95. The number of nitrogens with one attached hydrogen (secondary N) is 3. The van der Waals surface area contributed by atoms with Gasteiger partial charge in [0.05, 0.1) is 13.6 Å². The van der Waals surface area contributed by atoms with Crippen molar-refractivity contribution >= 4 is 30.2 Å². The molecule has 2 aromatic rings. The van der Waals surface area contributed by atoms with E-state index in [0.717, 1.165) is 30.9 Å². The molecule has 0 aliphatic rings. The first-order valence-electron chi connectivity index (χ1n) is 9.57. The van der Waals surface area contributed by atoms with Crippen LogP contribution in [-0.4, -0.2) is 33.4 Å². The second-order valence-corrected chi connectivity index (χ2v) is 5.92. The second-order valence-electron chi connectivity index (χ2n) is 5.92. The van der Waals surface area contributed by atoms with E-state index in [4.69, 9.17) is 0 Å². The molecule has 0 aliphatic heterocycles. The number of hydrogen-bond donors (Lipinski definition) is 3. The lowest BCUT2D eigenvalue weighted by Gasteiger charge is -2.10. The molecule has 1 unspecified atom stereocenters. The van der Waals surface area contributed by atoms with E-state index in [1.54, 1.807) is 0 Å². The lowest BCUT2D eigenvalue weighted by Crippen LogP contribution is -3.03. The average molecular weight is 368 g/mol. The molecule has 2 aromatic carbocycles. The van der Waals surface area contributed by atoms with Gasteiger partial charge in [-0.05, 0) is 68.3 Å². The summed E-state index contributed by atoms with van der Waals surface area (Å²) in [4.78, 5) is 4.12. The van der Waals surface area contributed by atoms with Crippen LogP contribution >= 0.6 is 0 Å². The van der Waals surface area contributed by atoms with Gasteiger partial charge in [-0.3, -0.25) is 4.99 Å². The zero-order chi connectivity index (χ0) is 20.5. The fourth-order valence-electron chi connectivity index (χ4n) is 2.05. The SMILES string of the molecule is C=Cc1ccc(NCC)cc1.C=Cc1ccc([NH+](C)CC)cc1.C=[NH+]CC. The van der Waals surface area contributed by atoms with Gasteiger partial charge in [-0.25, -0.2) is 0 Å². The van der Waals surface area contributed by atoms with Crippen molar-refractivity contribution in [1.29, 1.82) is 0 Å². The number of quaternary nitrogens is 1. The molecular weight excluding hydrogens is 330 g/mol. The average Bonchev–Trinajstić information content (AvgIpc) is 2.74. The molecule has 0 fully saturated rings. The number of rotatable bonds is 7. The lowest BCUT2D eigenvalue weighted by molar-refractivity contribution is -0.807. The van der Waals surface area contributed by atoms with Gasteiger partial charge in [-0.1, -0.05) is 37.4 Å². The molecule has 0 heterocycles. The molecule has 3 nitrogen and oxygen atoms in total. The van der Waals surface area contributed by atoms with Crippen LogP contribution in [-0.2, 0) is 0 Å². The Morgan fingerprint density at radius 1 is 0.889 bits per heavy atom. The van der Waals surface area contributed by atoms with Gasteiger partial charge in [0, 0.05) is 12.2 Å². The maximum Gasteiger partial charge on any atom is 0.137 e. The largest absolute Gasteiger partial charge is 0.385 e. The summed E-state index contributed by atoms with van der Waals surface area (Å²) in [5, 5.41) is 3.22. The molecule has 0 radical (unpaired) electrons. The first kappa shape index (κ1) is 24.4. The Bertz CT molecular complexity index is 642. The van der Waals surface area contributed by atoms with Crippen LogP contribution in [0.5, 0.6) is 0 Å². The Morgan fingerprint density at radius 2 is 1.33 bits per heavy atom. The van der Waals surface area contributed by atoms with Gasteiger partial charge in [-0.2, -0.15) is 0 Å². The highest BCUT2D eigenvalue weighted by atomic mass is 15.1. The van der Waals surface area contributed by atoms with Crippen molar-refractivity contribution in [2.45, 2.75) is 20.8 Å². The van der Waals surface area contributed by atoms with Crippen LogP contribution in [0.25, 0.3) is 12.2 Å². The van der Waals surface area contributed by atoms with Gasteiger partial charge in [-0.15, -0.1) is 0 Å². The van der Waals surface area contributed by atoms with Gasteiger partial charge in [0.2, 0.25) is 0 Å². The maximum atomic E-state index is 3.72. The Balaban J connectivity index is 0.000000421. The smallest absolute Gasteiger partial charge is 0.137 e. The molecule has 1 atom stereocenters. The van der Waals surface area contributed by atoms with Crippen LogP contribution in [0.1, 0.15) is 31.9 Å². The first-order valence-corrected chi connectivity index (χ1v) is 9.57. The number of anilines is 1. The van der Waals surface area contributed by atoms with Crippen molar-refractivity contribution in [1.82, 2.24) is 0 Å². The molecule has 0 aromatic heterocycles. The Kier molecular flexibility index (Phi) is 14.1. The van der Waals surface area contributed by atoms with Crippen molar-refractivity contribution in [3.63, 3.8) is 0 Å². The Labute approximate surface area is 166 Å². The monoisotopic (exact) mass is 367 g/mol. The highest BCUT2D eigenvalue weighted by Gasteiger charge is 2.01. The molecular formula is C24H37N3+2. The fraction of sp³-hybridized carbons (Fsp3) is 0.292. The van der Waals surface area contributed by atoms with Gasteiger partial charge >= 0.3 is 0 Å². The topological polar surface area (TPSA) is 30.4 Å². The van der Waals surface area contributed by atoms with Crippen LogP contribution in [0.4, 0.5) is 11.4 Å². The highest BCUT2D eigenvalue weighted by molar-refractivity contribution is 5.53. The predicted molar refractivity (Wildman–Crippen MR) is 123 cm³/mol. The quantitative estimate of drug-likeness (QED) is 0.646. The molecule has 0 aliphatic carbocycles.